The van der Waals surface area contributed by atoms with Gasteiger partial charge in [-0.1, -0.05) is 6.07 Å². The Hall–Kier alpha value is -3.81. The normalized spacial score (nSPS) is 10.3. The number of anilines is 3. The number of hydrogen-bond acceptors (Lipinski definition) is 5. The highest BCUT2D eigenvalue weighted by atomic mass is 19.1. The van der Waals surface area contributed by atoms with Gasteiger partial charge in [0.25, 0.3) is 5.91 Å². The van der Waals surface area contributed by atoms with Crippen LogP contribution in [0, 0.1) is 11.6 Å². The van der Waals surface area contributed by atoms with E-state index in [1.807, 2.05) is 0 Å². The number of para-hydroxylation sites is 1. The van der Waals surface area contributed by atoms with Gasteiger partial charge in [0, 0.05) is 17.6 Å². The molecule has 0 radical (unpaired) electrons. The summed E-state index contributed by atoms with van der Waals surface area (Å²) < 4.78 is 32.3. The summed E-state index contributed by atoms with van der Waals surface area (Å²) in [4.78, 5) is 27.9. The summed E-state index contributed by atoms with van der Waals surface area (Å²) in [5.74, 6) is -2.93. The van der Waals surface area contributed by atoms with Gasteiger partial charge in [-0.25, -0.2) is 13.6 Å². The van der Waals surface area contributed by atoms with E-state index in [9.17, 15) is 18.4 Å². The van der Waals surface area contributed by atoms with Gasteiger partial charge in [0.2, 0.25) is 0 Å². The number of nitrogens with zero attached hydrogens (tertiary/aromatic N) is 1. The molecule has 0 atom stereocenters. The Labute approximate surface area is 165 Å². The lowest BCUT2D eigenvalue weighted by Crippen LogP contribution is -2.16. The van der Waals surface area contributed by atoms with Crippen molar-refractivity contribution >= 4 is 28.9 Å². The maximum atomic E-state index is 13.7. The zero-order valence-electron chi connectivity index (χ0n) is 15.4. The van der Waals surface area contributed by atoms with Gasteiger partial charge in [0.05, 0.1) is 12.2 Å². The molecule has 3 rings (SSSR count). The van der Waals surface area contributed by atoms with Crippen molar-refractivity contribution in [3.05, 3.63) is 83.7 Å². The number of hydrogen-bond donors (Lipinski definition) is 2. The topological polar surface area (TPSA) is 80.3 Å². The molecular weight excluding hydrogens is 380 g/mol. The van der Waals surface area contributed by atoms with E-state index in [-0.39, 0.29) is 12.3 Å². The van der Waals surface area contributed by atoms with Crippen LogP contribution in [0.3, 0.4) is 0 Å². The number of pyridine rings is 1. The fraction of sp³-hybridized carbons (Fsp3) is 0.0952. The van der Waals surface area contributed by atoms with Crippen molar-refractivity contribution in [3.8, 4) is 0 Å². The first-order chi connectivity index (χ1) is 14.0. The molecule has 0 saturated heterocycles. The number of carbonyl (C=O) groups is 2. The maximum absolute atomic E-state index is 13.7. The number of rotatable bonds is 6. The minimum Gasteiger partial charge on any atom is -0.462 e. The highest BCUT2D eigenvalue weighted by Gasteiger charge is 2.15. The van der Waals surface area contributed by atoms with E-state index in [0.717, 1.165) is 12.1 Å². The molecule has 1 amide bonds. The molecular formula is C21H17F2N3O3. The van der Waals surface area contributed by atoms with Gasteiger partial charge in [0.1, 0.15) is 23.0 Å². The molecule has 29 heavy (non-hydrogen) atoms. The third-order valence-electron chi connectivity index (χ3n) is 3.88. The van der Waals surface area contributed by atoms with Gasteiger partial charge >= 0.3 is 5.97 Å². The van der Waals surface area contributed by atoms with Crippen LogP contribution in [0.15, 0.2) is 60.8 Å². The highest BCUT2D eigenvalue weighted by molar-refractivity contribution is 6.03. The molecule has 0 aliphatic rings. The molecule has 148 valence electrons. The Bertz CT molecular complexity index is 1020. The summed E-state index contributed by atoms with van der Waals surface area (Å²) in [7, 11) is 0. The molecule has 0 spiro atoms. The van der Waals surface area contributed by atoms with Crippen molar-refractivity contribution in [2.45, 2.75) is 6.92 Å². The van der Waals surface area contributed by atoms with Crippen LogP contribution in [0.1, 0.15) is 27.8 Å². The molecule has 0 aliphatic heterocycles. The van der Waals surface area contributed by atoms with Crippen molar-refractivity contribution < 1.29 is 23.1 Å². The van der Waals surface area contributed by atoms with E-state index in [1.165, 1.54) is 18.3 Å². The summed E-state index contributed by atoms with van der Waals surface area (Å²) >= 11 is 0. The second-order valence-electron chi connectivity index (χ2n) is 5.90. The Balaban J connectivity index is 1.72. The lowest BCUT2D eigenvalue weighted by atomic mass is 10.2. The minimum atomic E-state index is -0.880. The van der Waals surface area contributed by atoms with Crippen molar-refractivity contribution in [1.82, 2.24) is 4.98 Å². The molecule has 6 nitrogen and oxygen atoms in total. The smallest absolute Gasteiger partial charge is 0.338 e. The van der Waals surface area contributed by atoms with Crippen LogP contribution >= 0.6 is 0 Å². The number of esters is 1. The van der Waals surface area contributed by atoms with E-state index in [2.05, 4.69) is 15.6 Å². The number of aromatic nitrogens is 1. The monoisotopic (exact) mass is 397 g/mol. The fourth-order valence-corrected chi connectivity index (χ4v) is 2.50. The standard InChI is InChI=1S/C21H17F2N3O3/c1-2-29-21(28)13-6-8-14(9-7-13)25-15-10-11-24-18(12-15)20(27)26-19-16(22)4-3-5-17(19)23/h3-12H,2H2,1H3,(H,24,25)(H,26,27). The summed E-state index contributed by atoms with van der Waals surface area (Å²) in [5.41, 5.74) is 1.05. The van der Waals surface area contributed by atoms with Gasteiger partial charge in [0.15, 0.2) is 0 Å². The van der Waals surface area contributed by atoms with Crippen molar-refractivity contribution in [2.24, 2.45) is 0 Å². The zero-order valence-corrected chi connectivity index (χ0v) is 15.4. The van der Waals surface area contributed by atoms with Crippen molar-refractivity contribution in [1.29, 1.82) is 0 Å². The average molecular weight is 397 g/mol. The van der Waals surface area contributed by atoms with E-state index in [4.69, 9.17) is 4.74 Å². The number of halogens is 2. The van der Waals surface area contributed by atoms with Gasteiger partial charge in [-0.2, -0.15) is 0 Å². The SMILES string of the molecule is CCOC(=O)c1ccc(Nc2ccnc(C(=O)Nc3c(F)cccc3F)c2)cc1. The third kappa shape index (κ3) is 4.92. The van der Waals surface area contributed by atoms with Gasteiger partial charge in [-0.15, -0.1) is 0 Å². The van der Waals surface area contributed by atoms with Gasteiger partial charge in [-0.05, 0) is 55.5 Å². The summed E-state index contributed by atoms with van der Waals surface area (Å²) in [6.45, 7) is 2.02. The number of nitrogens with one attached hydrogen (secondary N) is 2. The summed E-state index contributed by atoms with van der Waals surface area (Å²) in [6.07, 6.45) is 1.39. The molecule has 0 bridgehead atoms. The van der Waals surface area contributed by atoms with Crippen LogP contribution in [-0.2, 0) is 4.74 Å². The number of carbonyl (C=O) groups excluding carboxylic acids is 2. The molecule has 1 heterocycles. The van der Waals surface area contributed by atoms with E-state index in [0.29, 0.717) is 16.9 Å². The van der Waals surface area contributed by atoms with Crippen LogP contribution in [-0.4, -0.2) is 23.5 Å². The molecule has 1 aromatic heterocycles. The average Bonchev–Trinajstić information content (AvgIpc) is 2.71. The van der Waals surface area contributed by atoms with Crippen LogP contribution in [0.4, 0.5) is 25.8 Å². The number of ether oxygens (including phenoxy) is 1. The first-order valence-electron chi connectivity index (χ1n) is 8.73. The van der Waals surface area contributed by atoms with Crippen LogP contribution in [0.25, 0.3) is 0 Å². The van der Waals surface area contributed by atoms with Gasteiger partial charge in [-0.3, -0.25) is 9.78 Å². The summed E-state index contributed by atoms with van der Waals surface area (Å²) in [6, 6.07) is 12.9. The zero-order chi connectivity index (χ0) is 20.8. The Kier molecular flexibility index (Phi) is 6.13. The van der Waals surface area contributed by atoms with Crippen molar-refractivity contribution in [3.63, 3.8) is 0 Å². The van der Waals surface area contributed by atoms with E-state index >= 15 is 0 Å². The predicted molar refractivity (Wildman–Crippen MR) is 104 cm³/mol. The first-order valence-corrected chi connectivity index (χ1v) is 8.73. The molecule has 3 aromatic rings. The predicted octanol–water partition coefficient (Wildman–Crippen LogP) is 4.53. The van der Waals surface area contributed by atoms with Crippen LogP contribution in [0.2, 0.25) is 0 Å². The second-order valence-corrected chi connectivity index (χ2v) is 5.90. The number of benzene rings is 2. The second kappa shape index (κ2) is 8.92. The molecule has 2 N–H and O–H groups in total. The third-order valence-corrected chi connectivity index (χ3v) is 3.88. The first kappa shape index (κ1) is 19.9. The largest absolute Gasteiger partial charge is 0.462 e. The lowest BCUT2D eigenvalue weighted by Gasteiger charge is -2.10. The van der Waals surface area contributed by atoms with E-state index in [1.54, 1.807) is 37.3 Å². The molecule has 2 aromatic carbocycles. The molecule has 0 unspecified atom stereocenters. The maximum Gasteiger partial charge on any atom is 0.338 e. The Morgan fingerprint density at radius 2 is 1.69 bits per heavy atom. The van der Waals surface area contributed by atoms with Crippen molar-refractivity contribution in [2.75, 3.05) is 17.2 Å². The quantitative estimate of drug-likeness (QED) is 0.598. The Morgan fingerprint density at radius 1 is 1.00 bits per heavy atom. The van der Waals surface area contributed by atoms with Crippen LogP contribution in [0.5, 0.6) is 0 Å². The highest BCUT2D eigenvalue weighted by Crippen LogP contribution is 2.21. The number of amides is 1. The Morgan fingerprint density at radius 3 is 2.34 bits per heavy atom. The van der Waals surface area contributed by atoms with Crippen LogP contribution < -0.4 is 10.6 Å². The van der Waals surface area contributed by atoms with Gasteiger partial charge < -0.3 is 15.4 Å². The lowest BCUT2D eigenvalue weighted by molar-refractivity contribution is 0.0526. The molecule has 0 saturated carbocycles. The van der Waals surface area contributed by atoms with E-state index < -0.39 is 29.2 Å². The minimum absolute atomic E-state index is 0.0270. The molecule has 8 heteroatoms. The summed E-state index contributed by atoms with van der Waals surface area (Å²) in [5, 5.41) is 5.25. The molecule has 0 aliphatic carbocycles. The fourth-order valence-electron chi connectivity index (χ4n) is 2.50. The molecule has 0 fully saturated rings.